The number of rotatable bonds is 9. The first-order valence-corrected chi connectivity index (χ1v) is 12.4. The maximum Gasteiger partial charge on any atom is 0.251 e. The van der Waals surface area contributed by atoms with Gasteiger partial charge in [-0.25, -0.2) is 13.1 Å². The van der Waals surface area contributed by atoms with Gasteiger partial charge in [0.2, 0.25) is 0 Å². The van der Waals surface area contributed by atoms with Gasteiger partial charge in [-0.1, -0.05) is 18.2 Å². The zero-order chi connectivity index (χ0) is 23.3. The molecule has 0 bridgehead atoms. The zero-order valence-corrected chi connectivity index (χ0v) is 19.4. The molecule has 0 radical (unpaired) electrons. The number of hydrogen-bond donors (Lipinski definition) is 4. The summed E-state index contributed by atoms with van der Waals surface area (Å²) in [6.07, 6.45) is -1.24. The number of aliphatic hydroxyl groups is 2. The van der Waals surface area contributed by atoms with Crippen molar-refractivity contribution < 1.29 is 18.6 Å². The molecule has 0 aliphatic rings. The molecule has 7 nitrogen and oxygen atoms in total. The van der Waals surface area contributed by atoms with Crippen LogP contribution in [0.5, 0.6) is 0 Å². The van der Waals surface area contributed by atoms with Crippen LogP contribution in [-0.4, -0.2) is 44.4 Å². The van der Waals surface area contributed by atoms with Crippen LogP contribution in [0.25, 0.3) is 26.8 Å². The minimum absolute atomic E-state index is 0.325. The van der Waals surface area contributed by atoms with E-state index in [-0.39, 0.29) is 6.54 Å². The van der Waals surface area contributed by atoms with Crippen molar-refractivity contribution in [2.24, 2.45) is 0 Å². The summed E-state index contributed by atoms with van der Waals surface area (Å²) < 4.78 is 27.2. The monoisotopic (exact) mass is 471 g/mol. The SMILES string of the molecule is CCNc1ccc2cc(-c3ccc(/C(C)=C(\C#N)S(=O)(=O)NCC(O)CO)s3)ccc2c1. The molecule has 2 aromatic carbocycles. The molecule has 4 N–H and O–H groups in total. The lowest BCUT2D eigenvalue weighted by molar-refractivity contribution is 0.0989. The van der Waals surface area contributed by atoms with Crippen molar-refractivity contribution in [2.75, 3.05) is 25.0 Å². The number of hydrogen-bond acceptors (Lipinski definition) is 7. The largest absolute Gasteiger partial charge is 0.394 e. The molecule has 0 spiro atoms. The van der Waals surface area contributed by atoms with E-state index in [1.807, 2.05) is 18.2 Å². The van der Waals surface area contributed by atoms with Crippen LogP contribution in [0.3, 0.4) is 0 Å². The minimum Gasteiger partial charge on any atom is -0.394 e. The van der Waals surface area contributed by atoms with Crippen LogP contribution in [0.2, 0.25) is 0 Å². The number of nitrogens with one attached hydrogen (secondary N) is 2. The average molecular weight is 472 g/mol. The summed E-state index contributed by atoms with van der Waals surface area (Å²) in [5, 5.41) is 33.3. The van der Waals surface area contributed by atoms with Gasteiger partial charge in [0.05, 0.1) is 12.7 Å². The molecule has 1 atom stereocenters. The number of allylic oxidation sites excluding steroid dienone is 2. The Morgan fingerprint density at radius 3 is 2.56 bits per heavy atom. The second-order valence-electron chi connectivity index (χ2n) is 7.23. The first-order chi connectivity index (χ1) is 15.3. The Balaban J connectivity index is 1.91. The predicted molar refractivity (Wildman–Crippen MR) is 130 cm³/mol. The molecule has 3 aromatic rings. The highest BCUT2D eigenvalue weighted by molar-refractivity contribution is 7.93. The smallest absolute Gasteiger partial charge is 0.251 e. The van der Waals surface area contributed by atoms with Crippen LogP contribution in [0.4, 0.5) is 5.69 Å². The van der Waals surface area contributed by atoms with Crippen molar-refractivity contribution in [3.8, 4) is 16.5 Å². The lowest BCUT2D eigenvalue weighted by atomic mass is 10.1. The summed E-state index contributed by atoms with van der Waals surface area (Å²) in [6, 6.07) is 17.8. The molecule has 0 fully saturated rings. The van der Waals surface area contributed by atoms with Gasteiger partial charge in [0.25, 0.3) is 10.0 Å². The third kappa shape index (κ3) is 5.35. The van der Waals surface area contributed by atoms with E-state index in [2.05, 4.69) is 41.2 Å². The number of benzene rings is 2. The Morgan fingerprint density at radius 2 is 1.88 bits per heavy atom. The van der Waals surface area contributed by atoms with E-state index < -0.39 is 27.6 Å². The van der Waals surface area contributed by atoms with Crippen molar-refractivity contribution in [1.29, 1.82) is 5.26 Å². The second kappa shape index (κ2) is 10.3. The summed E-state index contributed by atoms with van der Waals surface area (Å²) in [5.41, 5.74) is 2.39. The quantitative estimate of drug-likeness (QED) is 0.354. The van der Waals surface area contributed by atoms with Crippen LogP contribution >= 0.6 is 11.3 Å². The van der Waals surface area contributed by atoms with Crippen molar-refractivity contribution in [1.82, 2.24) is 4.72 Å². The van der Waals surface area contributed by atoms with Crippen LogP contribution in [0.1, 0.15) is 18.7 Å². The molecule has 1 aromatic heterocycles. The Hall–Kier alpha value is -2.74. The summed E-state index contributed by atoms with van der Waals surface area (Å²) in [4.78, 5) is 1.20. The van der Waals surface area contributed by atoms with Crippen molar-refractivity contribution in [3.05, 3.63) is 58.3 Å². The van der Waals surface area contributed by atoms with Gasteiger partial charge in [0, 0.05) is 28.5 Å². The number of nitrogens with zero attached hydrogens (tertiary/aromatic N) is 1. The van der Waals surface area contributed by atoms with E-state index >= 15 is 0 Å². The van der Waals surface area contributed by atoms with Gasteiger partial charge in [0.1, 0.15) is 6.07 Å². The van der Waals surface area contributed by atoms with Crippen molar-refractivity contribution >= 4 is 43.4 Å². The van der Waals surface area contributed by atoms with E-state index in [4.69, 9.17) is 5.11 Å². The third-order valence-corrected chi connectivity index (χ3v) is 7.65. The second-order valence-corrected chi connectivity index (χ2v) is 10.0. The Labute approximate surface area is 191 Å². The van der Waals surface area contributed by atoms with Crippen LogP contribution < -0.4 is 10.0 Å². The van der Waals surface area contributed by atoms with E-state index in [0.29, 0.717) is 10.5 Å². The summed E-state index contributed by atoms with van der Waals surface area (Å²) in [5.74, 6) is 0. The topological polar surface area (TPSA) is 122 Å². The fourth-order valence-electron chi connectivity index (χ4n) is 3.21. The summed E-state index contributed by atoms with van der Waals surface area (Å²) in [6.45, 7) is 3.53. The molecular formula is C23H25N3O4S2. The zero-order valence-electron chi connectivity index (χ0n) is 17.8. The minimum atomic E-state index is -4.12. The molecule has 1 heterocycles. The summed E-state index contributed by atoms with van der Waals surface area (Å²) >= 11 is 1.40. The van der Waals surface area contributed by atoms with Gasteiger partial charge >= 0.3 is 0 Å². The molecule has 0 aliphatic heterocycles. The number of sulfonamides is 1. The molecular weight excluding hydrogens is 446 g/mol. The number of anilines is 1. The predicted octanol–water partition coefficient (Wildman–Crippen LogP) is 3.53. The third-order valence-electron chi connectivity index (χ3n) is 4.91. The molecule has 9 heteroatoms. The normalized spacial score (nSPS) is 13.5. The maximum absolute atomic E-state index is 12.5. The molecule has 0 saturated carbocycles. The molecule has 0 amide bonds. The number of nitriles is 1. The highest BCUT2D eigenvalue weighted by atomic mass is 32.2. The van der Waals surface area contributed by atoms with Crippen LogP contribution in [-0.2, 0) is 10.0 Å². The molecule has 1 unspecified atom stereocenters. The lowest BCUT2D eigenvalue weighted by Gasteiger charge is -2.10. The molecule has 3 rings (SSSR count). The van der Waals surface area contributed by atoms with E-state index in [9.17, 15) is 18.8 Å². The fourth-order valence-corrected chi connectivity index (χ4v) is 5.47. The van der Waals surface area contributed by atoms with E-state index in [1.165, 1.54) is 11.3 Å². The van der Waals surface area contributed by atoms with Crippen molar-refractivity contribution in [2.45, 2.75) is 20.0 Å². The Morgan fingerprint density at radius 1 is 1.16 bits per heavy atom. The molecule has 168 valence electrons. The van der Waals surface area contributed by atoms with Gasteiger partial charge in [-0.2, -0.15) is 5.26 Å². The maximum atomic E-state index is 12.5. The highest BCUT2D eigenvalue weighted by Gasteiger charge is 2.22. The Bertz CT molecular complexity index is 1290. The van der Waals surface area contributed by atoms with Crippen molar-refractivity contribution in [3.63, 3.8) is 0 Å². The number of fused-ring (bicyclic) bond motifs is 1. The number of aliphatic hydroxyl groups excluding tert-OH is 2. The average Bonchev–Trinajstić information content (AvgIpc) is 3.28. The number of thiophene rings is 1. The van der Waals surface area contributed by atoms with Crippen LogP contribution in [0, 0.1) is 11.3 Å². The fraction of sp³-hybridized carbons (Fsp3) is 0.261. The van der Waals surface area contributed by atoms with Crippen LogP contribution in [0.15, 0.2) is 53.4 Å². The highest BCUT2D eigenvalue weighted by Crippen LogP contribution is 2.35. The Kier molecular flexibility index (Phi) is 7.66. The molecule has 0 saturated heterocycles. The van der Waals surface area contributed by atoms with E-state index in [1.54, 1.807) is 19.1 Å². The van der Waals surface area contributed by atoms with Gasteiger partial charge in [0.15, 0.2) is 4.91 Å². The molecule has 0 aliphatic carbocycles. The van der Waals surface area contributed by atoms with Gasteiger partial charge in [-0.15, -0.1) is 11.3 Å². The lowest BCUT2D eigenvalue weighted by Crippen LogP contribution is -2.34. The first-order valence-electron chi connectivity index (χ1n) is 10.1. The van der Waals surface area contributed by atoms with Gasteiger partial charge in [-0.05, 0) is 66.1 Å². The molecule has 32 heavy (non-hydrogen) atoms. The standard InChI is InChI=1S/C23H25N3O4S2/c1-3-25-19-7-6-16-10-18(5-4-17(16)11-19)22-9-8-21(31-22)15(2)23(12-24)32(29,30)26-13-20(28)14-27/h4-11,20,25-28H,3,13-14H2,1-2H3/b23-15+. The van der Waals surface area contributed by atoms with E-state index in [0.717, 1.165) is 33.4 Å². The summed E-state index contributed by atoms with van der Waals surface area (Å²) in [7, 11) is -4.12. The van der Waals surface area contributed by atoms with Gasteiger partial charge < -0.3 is 15.5 Å². The first kappa shape index (κ1) is 23.9. The van der Waals surface area contributed by atoms with Gasteiger partial charge in [-0.3, -0.25) is 0 Å².